The van der Waals surface area contributed by atoms with Gasteiger partial charge in [0.1, 0.15) is 0 Å². The highest BCUT2D eigenvalue weighted by Crippen LogP contribution is 2.22. The van der Waals surface area contributed by atoms with Crippen LogP contribution in [0.25, 0.3) is 10.9 Å². The number of benzene rings is 1. The Morgan fingerprint density at radius 3 is 3.00 bits per heavy atom. The summed E-state index contributed by atoms with van der Waals surface area (Å²) in [4.78, 5) is 4.35. The van der Waals surface area contributed by atoms with E-state index in [9.17, 15) is 5.11 Å². The van der Waals surface area contributed by atoms with Crippen LogP contribution in [-0.4, -0.2) is 28.9 Å². The van der Waals surface area contributed by atoms with Crippen molar-refractivity contribution in [1.29, 1.82) is 0 Å². The molecule has 19 heavy (non-hydrogen) atoms. The molecule has 2 unspecified atom stereocenters. The molecule has 100 valence electrons. The molecule has 3 heteroatoms. The number of pyridine rings is 1. The lowest BCUT2D eigenvalue weighted by molar-refractivity contribution is -0.0610. The number of aliphatic hydroxyl groups is 1. The average molecular weight is 257 g/mol. The molecule has 0 bridgehead atoms. The second-order valence-corrected chi connectivity index (χ2v) is 5.16. The van der Waals surface area contributed by atoms with Crippen molar-refractivity contribution in [2.45, 2.75) is 37.9 Å². The van der Waals surface area contributed by atoms with Crippen molar-refractivity contribution in [3.63, 3.8) is 0 Å². The summed E-state index contributed by atoms with van der Waals surface area (Å²) < 4.78 is 5.66. The van der Waals surface area contributed by atoms with Crippen molar-refractivity contribution < 1.29 is 9.84 Å². The highest BCUT2D eigenvalue weighted by molar-refractivity contribution is 5.81. The monoisotopic (exact) mass is 257 g/mol. The van der Waals surface area contributed by atoms with Crippen molar-refractivity contribution in [2.75, 3.05) is 6.61 Å². The molecule has 0 spiro atoms. The van der Waals surface area contributed by atoms with E-state index in [1.165, 1.54) is 0 Å². The van der Waals surface area contributed by atoms with Gasteiger partial charge >= 0.3 is 0 Å². The first-order valence-electron chi connectivity index (χ1n) is 6.97. The third-order valence-corrected chi connectivity index (χ3v) is 3.81. The van der Waals surface area contributed by atoms with E-state index in [0.29, 0.717) is 6.42 Å². The van der Waals surface area contributed by atoms with E-state index >= 15 is 0 Å². The molecule has 0 amide bonds. The quantitative estimate of drug-likeness (QED) is 0.919. The topological polar surface area (TPSA) is 42.4 Å². The van der Waals surface area contributed by atoms with Crippen molar-refractivity contribution in [2.24, 2.45) is 0 Å². The van der Waals surface area contributed by atoms with Crippen LogP contribution in [0.4, 0.5) is 0 Å². The number of para-hydroxylation sites is 1. The van der Waals surface area contributed by atoms with Gasteiger partial charge in [-0.2, -0.15) is 0 Å². The molecule has 1 aliphatic heterocycles. The zero-order chi connectivity index (χ0) is 13.1. The summed E-state index contributed by atoms with van der Waals surface area (Å²) in [5.74, 6) is 0. The summed E-state index contributed by atoms with van der Waals surface area (Å²) in [5.41, 5.74) is 2.13. The highest BCUT2D eigenvalue weighted by Gasteiger charge is 2.23. The Morgan fingerprint density at radius 2 is 2.16 bits per heavy atom. The zero-order valence-corrected chi connectivity index (χ0v) is 11.0. The average Bonchev–Trinajstić information content (AvgIpc) is 2.48. The van der Waals surface area contributed by atoms with E-state index in [2.05, 4.69) is 11.1 Å². The Hall–Kier alpha value is -1.45. The molecule has 2 aromatic rings. The zero-order valence-electron chi connectivity index (χ0n) is 11.0. The Kier molecular flexibility index (Phi) is 3.76. The van der Waals surface area contributed by atoms with E-state index < -0.39 is 6.10 Å². The fourth-order valence-corrected chi connectivity index (χ4v) is 2.76. The summed E-state index contributed by atoms with van der Waals surface area (Å²) >= 11 is 0. The number of hydrogen-bond donors (Lipinski definition) is 1. The first-order valence-corrected chi connectivity index (χ1v) is 6.97. The Bertz CT molecular complexity index is 544. The maximum Gasteiger partial charge on any atom is 0.0842 e. The molecule has 1 fully saturated rings. The van der Waals surface area contributed by atoms with E-state index in [-0.39, 0.29) is 6.10 Å². The van der Waals surface area contributed by atoms with Gasteiger partial charge in [0.05, 0.1) is 17.7 Å². The second-order valence-electron chi connectivity index (χ2n) is 5.16. The third-order valence-electron chi connectivity index (χ3n) is 3.81. The van der Waals surface area contributed by atoms with Gasteiger partial charge in [0.25, 0.3) is 0 Å². The van der Waals surface area contributed by atoms with Crippen molar-refractivity contribution in [3.05, 3.63) is 42.1 Å². The number of aliphatic hydroxyl groups excluding tert-OH is 1. The molecule has 1 N–H and O–H groups in total. The maximum absolute atomic E-state index is 10.3. The number of aromatic nitrogens is 1. The van der Waals surface area contributed by atoms with Gasteiger partial charge in [0, 0.05) is 24.6 Å². The predicted octanol–water partition coefficient (Wildman–Crippen LogP) is 2.71. The lowest BCUT2D eigenvalue weighted by Crippen LogP contribution is -2.33. The molecule has 1 saturated heterocycles. The van der Waals surface area contributed by atoms with E-state index in [4.69, 9.17) is 4.74 Å². The van der Waals surface area contributed by atoms with E-state index in [1.807, 2.05) is 30.5 Å². The van der Waals surface area contributed by atoms with Crippen molar-refractivity contribution >= 4 is 10.9 Å². The molecular weight excluding hydrogens is 238 g/mol. The minimum Gasteiger partial charge on any atom is -0.390 e. The molecule has 3 nitrogen and oxygen atoms in total. The van der Waals surface area contributed by atoms with Crippen LogP contribution in [-0.2, 0) is 11.2 Å². The summed E-state index contributed by atoms with van der Waals surface area (Å²) in [6.07, 6.45) is 5.23. The van der Waals surface area contributed by atoms with Crippen LogP contribution in [0.15, 0.2) is 36.5 Å². The van der Waals surface area contributed by atoms with Crippen LogP contribution in [0.1, 0.15) is 24.8 Å². The highest BCUT2D eigenvalue weighted by atomic mass is 16.5. The first kappa shape index (κ1) is 12.6. The van der Waals surface area contributed by atoms with Crippen LogP contribution in [0, 0.1) is 0 Å². The summed E-state index contributed by atoms with van der Waals surface area (Å²) in [7, 11) is 0. The van der Waals surface area contributed by atoms with Gasteiger partial charge in [-0.3, -0.25) is 4.98 Å². The van der Waals surface area contributed by atoms with Crippen LogP contribution >= 0.6 is 0 Å². The van der Waals surface area contributed by atoms with Crippen molar-refractivity contribution in [1.82, 2.24) is 4.98 Å². The Labute approximate surface area is 113 Å². The fourth-order valence-electron chi connectivity index (χ4n) is 2.76. The van der Waals surface area contributed by atoms with Crippen LogP contribution in [0.3, 0.4) is 0 Å². The Balaban J connectivity index is 1.80. The lowest BCUT2D eigenvalue weighted by atomic mass is 9.96. The molecular formula is C16H19NO2. The minimum atomic E-state index is -0.425. The summed E-state index contributed by atoms with van der Waals surface area (Å²) in [6.45, 7) is 0.777. The molecule has 2 heterocycles. The second kappa shape index (κ2) is 5.68. The van der Waals surface area contributed by atoms with E-state index in [0.717, 1.165) is 42.3 Å². The van der Waals surface area contributed by atoms with Gasteiger partial charge in [0.2, 0.25) is 0 Å². The molecule has 0 saturated carbocycles. The van der Waals surface area contributed by atoms with Crippen LogP contribution in [0.2, 0.25) is 0 Å². The fraction of sp³-hybridized carbons (Fsp3) is 0.438. The van der Waals surface area contributed by atoms with Gasteiger partial charge in [0.15, 0.2) is 0 Å². The minimum absolute atomic E-state index is 0.0133. The normalized spacial score (nSPS) is 21.4. The lowest BCUT2D eigenvalue weighted by Gasteiger charge is -2.27. The van der Waals surface area contributed by atoms with Crippen LogP contribution in [0.5, 0.6) is 0 Å². The molecule has 2 atom stereocenters. The van der Waals surface area contributed by atoms with E-state index in [1.54, 1.807) is 0 Å². The largest absolute Gasteiger partial charge is 0.390 e. The SMILES string of the molecule is OC(Cc1ccnc2ccccc12)C1CCCCO1. The molecule has 3 rings (SSSR count). The predicted molar refractivity (Wildman–Crippen MR) is 75.0 cm³/mol. The number of fused-ring (bicyclic) bond motifs is 1. The number of ether oxygens (including phenoxy) is 1. The van der Waals surface area contributed by atoms with Gasteiger partial charge in [-0.1, -0.05) is 18.2 Å². The van der Waals surface area contributed by atoms with Gasteiger partial charge in [-0.15, -0.1) is 0 Å². The molecule has 1 aromatic heterocycles. The molecule has 0 aliphatic carbocycles. The maximum atomic E-state index is 10.3. The smallest absolute Gasteiger partial charge is 0.0842 e. The molecule has 1 aliphatic rings. The van der Waals surface area contributed by atoms with Gasteiger partial charge in [-0.25, -0.2) is 0 Å². The van der Waals surface area contributed by atoms with Gasteiger partial charge < -0.3 is 9.84 Å². The molecule has 1 aromatic carbocycles. The number of rotatable bonds is 3. The summed E-state index contributed by atoms with van der Waals surface area (Å²) in [5, 5.41) is 11.5. The van der Waals surface area contributed by atoms with Gasteiger partial charge in [-0.05, 0) is 37.0 Å². The number of hydrogen-bond acceptors (Lipinski definition) is 3. The standard InChI is InChI=1S/C16H19NO2/c18-15(16-7-3-4-10-19-16)11-12-8-9-17-14-6-2-1-5-13(12)14/h1-2,5-6,8-9,15-16,18H,3-4,7,10-11H2. The first-order chi connectivity index (χ1) is 9.34. The van der Waals surface area contributed by atoms with Crippen molar-refractivity contribution in [3.8, 4) is 0 Å². The summed E-state index contributed by atoms with van der Waals surface area (Å²) in [6, 6.07) is 10.1. The Morgan fingerprint density at radius 1 is 1.26 bits per heavy atom. The number of nitrogens with zero attached hydrogens (tertiary/aromatic N) is 1. The third kappa shape index (κ3) is 2.77. The van der Waals surface area contributed by atoms with Crippen LogP contribution < -0.4 is 0 Å². The molecule has 0 radical (unpaired) electrons.